The summed E-state index contributed by atoms with van der Waals surface area (Å²) >= 11 is 1.60. The second-order valence-electron chi connectivity index (χ2n) is 3.60. The van der Waals surface area contributed by atoms with Crippen molar-refractivity contribution in [2.24, 2.45) is 5.73 Å². The van der Waals surface area contributed by atoms with Crippen molar-refractivity contribution in [2.75, 3.05) is 0 Å². The summed E-state index contributed by atoms with van der Waals surface area (Å²) in [5.74, 6) is -0.226. The minimum absolute atomic E-state index is 0.226. The number of rotatable bonds is 2. The van der Waals surface area contributed by atoms with Crippen LogP contribution in [0, 0.1) is 12.7 Å². The van der Waals surface area contributed by atoms with Crippen LogP contribution in [0.3, 0.4) is 0 Å². The van der Waals surface area contributed by atoms with Gasteiger partial charge in [-0.05, 0) is 52.6 Å². The molecule has 15 heavy (non-hydrogen) atoms. The molecule has 1 unspecified atom stereocenters. The molecule has 0 amide bonds. The van der Waals surface area contributed by atoms with Crippen molar-refractivity contribution in [2.45, 2.75) is 13.0 Å². The fourth-order valence-corrected chi connectivity index (χ4v) is 2.29. The number of benzene rings is 1. The molecule has 1 aromatic carbocycles. The Labute approximate surface area is 92.4 Å². The molecule has 1 atom stereocenters. The average molecular weight is 221 g/mol. The third kappa shape index (κ3) is 2.25. The summed E-state index contributed by atoms with van der Waals surface area (Å²) < 4.78 is 13.2. The molecule has 0 fully saturated rings. The molecule has 0 aliphatic rings. The first-order chi connectivity index (χ1) is 7.16. The van der Waals surface area contributed by atoms with E-state index in [1.165, 1.54) is 12.1 Å². The number of hydrogen-bond donors (Lipinski definition) is 1. The van der Waals surface area contributed by atoms with E-state index in [9.17, 15) is 4.39 Å². The van der Waals surface area contributed by atoms with Crippen LogP contribution in [0.4, 0.5) is 4.39 Å². The van der Waals surface area contributed by atoms with Crippen LogP contribution < -0.4 is 5.73 Å². The first kappa shape index (κ1) is 10.3. The van der Waals surface area contributed by atoms with E-state index < -0.39 is 0 Å². The lowest BCUT2D eigenvalue weighted by Crippen LogP contribution is -2.11. The van der Waals surface area contributed by atoms with Crippen molar-refractivity contribution >= 4 is 11.3 Å². The maximum atomic E-state index is 13.2. The van der Waals surface area contributed by atoms with Gasteiger partial charge in [-0.15, -0.1) is 0 Å². The smallest absolute Gasteiger partial charge is 0.123 e. The van der Waals surface area contributed by atoms with Gasteiger partial charge >= 0.3 is 0 Å². The third-order valence-electron chi connectivity index (χ3n) is 2.33. The van der Waals surface area contributed by atoms with Crippen LogP contribution in [0.5, 0.6) is 0 Å². The van der Waals surface area contributed by atoms with Gasteiger partial charge in [-0.1, -0.05) is 6.07 Å². The third-order valence-corrected chi connectivity index (χ3v) is 3.03. The predicted octanol–water partition coefficient (Wildman–Crippen LogP) is 3.24. The van der Waals surface area contributed by atoms with Crippen LogP contribution >= 0.6 is 11.3 Å². The molecule has 0 radical (unpaired) electrons. The Kier molecular flexibility index (Phi) is 2.84. The molecule has 0 aliphatic carbocycles. The van der Waals surface area contributed by atoms with Gasteiger partial charge in [0, 0.05) is 0 Å². The summed E-state index contributed by atoms with van der Waals surface area (Å²) in [4.78, 5) is 0. The van der Waals surface area contributed by atoms with E-state index in [1.807, 2.05) is 29.8 Å². The molecule has 1 aromatic heterocycles. The van der Waals surface area contributed by atoms with Crippen molar-refractivity contribution in [3.8, 4) is 0 Å². The van der Waals surface area contributed by atoms with Gasteiger partial charge in [0.05, 0.1) is 6.04 Å². The van der Waals surface area contributed by atoms with Crippen LogP contribution in [-0.4, -0.2) is 0 Å². The van der Waals surface area contributed by atoms with Gasteiger partial charge < -0.3 is 5.73 Å². The van der Waals surface area contributed by atoms with Gasteiger partial charge in [0.15, 0.2) is 0 Å². The number of hydrogen-bond acceptors (Lipinski definition) is 2. The molecule has 0 saturated heterocycles. The van der Waals surface area contributed by atoms with Gasteiger partial charge in [-0.3, -0.25) is 0 Å². The maximum Gasteiger partial charge on any atom is 0.123 e. The normalized spacial score (nSPS) is 12.7. The van der Waals surface area contributed by atoms with Gasteiger partial charge in [-0.2, -0.15) is 11.3 Å². The fraction of sp³-hybridized carbons (Fsp3) is 0.167. The molecule has 3 heteroatoms. The van der Waals surface area contributed by atoms with E-state index >= 15 is 0 Å². The van der Waals surface area contributed by atoms with E-state index in [2.05, 4.69) is 0 Å². The zero-order chi connectivity index (χ0) is 10.8. The molecular formula is C12H12FNS. The molecular weight excluding hydrogens is 209 g/mol. The molecule has 2 rings (SSSR count). The molecule has 78 valence electrons. The van der Waals surface area contributed by atoms with Crippen LogP contribution in [-0.2, 0) is 0 Å². The second kappa shape index (κ2) is 4.13. The zero-order valence-corrected chi connectivity index (χ0v) is 9.22. The largest absolute Gasteiger partial charge is 0.320 e. The monoisotopic (exact) mass is 221 g/mol. The number of thiophene rings is 1. The van der Waals surface area contributed by atoms with E-state index in [1.54, 1.807) is 11.3 Å². The highest BCUT2D eigenvalue weighted by Crippen LogP contribution is 2.23. The minimum Gasteiger partial charge on any atom is -0.320 e. The van der Waals surface area contributed by atoms with Crippen molar-refractivity contribution in [1.29, 1.82) is 0 Å². The summed E-state index contributed by atoms with van der Waals surface area (Å²) in [7, 11) is 0. The average Bonchev–Trinajstić information content (AvgIpc) is 2.67. The summed E-state index contributed by atoms with van der Waals surface area (Å²) in [6.45, 7) is 1.87. The van der Waals surface area contributed by atoms with Crippen molar-refractivity contribution < 1.29 is 4.39 Å². The minimum atomic E-state index is -0.231. The Bertz CT molecular complexity index is 430. The van der Waals surface area contributed by atoms with E-state index in [-0.39, 0.29) is 11.9 Å². The quantitative estimate of drug-likeness (QED) is 0.827. The first-order valence-corrected chi connectivity index (χ1v) is 5.66. The predicted molar refractivity (Wildman–Crippen MR) is 61.5 cm³/mol. The topological polar surface area (TPSA) is 26.0 Å². The zero-order valence-electron chi connectivity index (χ0n) is 8.41. The standard InChI is InChI=1S/C12H12FNS/c1-8-4-10(6-11(13)5-8)12(14)9-2-3-15-7-9/h2-7,12H,14H2,1H3. The van der Waals surface area contributed by atoms with Crippen molar-refractivity contribution in [3.63, 3.8) is 0 Å². The number of nitrogens with two attached hydrogens (primary N) is 1. The van der Waals surface area contributed by atoms with E-state index in [0.29, 0.717) is 0 Å². The van der Waals surface area contributed by atoms with Crippen LogP contribution in [0.15, 0.2) is 35.0 Å². The maximum absolute atomic E-state index is 13.2. The van der Waals surface area contributed by atoms with Crippen molar-refractivity contribution in [1.82, 2.24) is 0 Å². The Morgan fingerprint density at radius 3 is 2.67 bits per heavy atom. The van der Waals surface area contributed by atoms with E-state index in [4.69, 9.17) is 5.73 Å². The molecule has 2 N–H and O–H groups in total. The highest BCUT2D eigenvalue weighted by Gasteiger charge is 2.10. The Morgan fingerprint density at radius 2 is 2.07 bits per heavy atom. The van der Waals surface area contributed by atoms with Gasteiger partial charge in [0.25, 0.3) is 0 Å². The second-order valence-corrected chi connectivity index (χ2v) is 4.38. The Balaban J connectivity index is 2.37. The lowest BCUT2D eigenvalue weighted by molar-refractivity contribution is 0.622. The lowest BCUT2D eigenvalue weighted by Gasteiger charge is -2.11. The van der Waals surface area contributed by atoms with Crippen LogP contribution in [0.1, 0.15) is 22.7 Å². The summed E-state index contributed by atoms with van der Waals surface area (Å²) in [6.07, 6.45) is 0. The SMILES string of the molecule is Cc1cc(F)cc(C(N)c2ccsc2)c1. The van der Waals surface area contributed by atoms with Crippen LogP contribution in [0.25, 0.3) is 0 Å². The summed E-state index contributed by atoms with van der Waals surface area (Å²) in [5, 5.41) is 3.96. The molecule has 1 nitrogen and oxygen atoms in total. The first-order valence-electron chi connectivity index (χ1n) is 4.71. The lowest BCUT2D eigenvalue weighted by atomic mass is 10.0. The van der Waals surface area contributed by atoms with E-state index in [0.717, 1.165) is 16.7 Å². The van der Waals surface area contributed by atoms with Gasteiger partial charge in [0.1, 0.15) is 5.82 Å². The Hall–Kier alpha value is -1.19. The van der Waals surface area contributed by atoms with Crippen molar-refractivity contribution in [3.05, 3.63) is 57.5 Å². The summed E-state index contributed by atoms with van der Waals surface area (Å²) in [5.41, 5.74) is 8.79. The molecule has 1 heterocycles. The molecule has 0 aliphatic heterocycles. The van der Waals surface area contributed by atoms with Gasteiger partial charge in [-0.25, -0.2) is 4.39 Å². The van der Waals surface area contributed by atoms with Crippen LogP contribution in [0.2, 0.25) is 0 Å². The highest BCUT2D eigenvalue weighted by molar-refractivity contribution is 7.08. The summed E-state index contributed by atoms with van der Waals surface area (Å²) in [6, 6.07) is 6.66. The molecule has 2 aromatic rings. The van der Waals surface area contributed by atoms with Gasteiger partial charge in [0.2, 0.25) is 0 Å². The number of halogens is 1. The number of aryl methyl sites for hydroxylation is 1. The fourth-order valence-electron chi connectivity index (χ4n) is 1.59. The molecule has 0 bridgehead atoms. The highest BCUT2D eigenvalue weighted by atomic mass is 32.1. The Morgan fingerprint density at radius 1 is 1.27 bits per heavy atom. The molecule has 0 saturated carbocycles. The molecule has 0 spiro atoms.